The number of anilines is 1. The van der Waals surface area contributed by atoms with Gasteiger partial charge in [0.1, 0.15) is 5.82 Å². The predicted molar refractivity (Wildman–Crippen MR) is 105 cm³/mol. The number of fused-ring (bicyclic) bond motifs is 1. The lowest BCUT2D eigenvalue weighted by molar-refractivity contribution is 0.0996. The summed E-state index contributed by atoms with van der Waals surface area (Å²) in [6.07, 6.45) is 4.69. The first-order chi connectivity index (χ1) is 14.0. The summed E-state index contributed by atoms with van der Waals surface area (Å²) in [5, 5.41) is 9.95. The highest BCUT2D eigenvalue weighted by molar-refractivity contribution is 6.04. The second-order valence-electron chi connectivity index (χ2n) is 6.15. The molecule has 2 aromatic carbocycles. The molecule has 0 aliphatic rings. The highest BCUT2D eigenvalue weighted by atomic mass is 19.1. The Morgan fingerprint density at radius 3 is 2.76 bits per heavy atom. The number of halogens is 2. The molecule has 0 saturated heterocycles. The Hall–Kier alpha value is -3.94. The number of rotatable bonds is 5. The second-order valence-corrected chi connectivity index (χ2v) is 6.15. The van der Waals surface area contributed by atoms with Crippen molar-refractivity contribution in [2.45, 2.75) is 0 Å². The number of aromatic amines is 1. The third kappa shape index (κ3) is 3.73. The Morgan fingerprint density at radius 1 is 1.17 bits per heavy atom. The molecular weight excluding hydrogens is 380 g/mol. The van der Waals surface area contributed by atoms with Gasteiger partial charge in [-0.1, -0.05) is 12.1 Å². The van der Waals surface area contributed by atoms with Crippen molar-refractivity contribution in [2.24, 2.45) is 0 Å². The third-order valence-corrected chi connectivity index (χ3v) is 4.28. The Kier molecular flexibility index (Phi) is 4.82. The van der Waals surface area contributed by atoms with Gasteiger partial charge in [0, 0.05) is 11.5 Å². The van der Waals surface area contributed by atoms with E-state index in [2.05, 4.69) is 15.5 Å². The summed E-state index contributed by atoms with van der Waals surface area (Å²) in [7, 11) is 1.39. The van der Waals surface area contributed by atoms with Crippen molar-refractivity contribution in [1.29, 1.82) is 0 Å². The van der Waals surface area contributed by atoms with Gasteiger partial charge in [0.25, 0.3) is 5.91 Å². The minimum absolute atomic E-state index is 0.00885. The zero-order valence-corrected chi connectivity index (χ0v) is 15.2. The van der Waals surface area contributed by atoms with E-state index in [1.54, 1.807) is 24.3 Å². The van der Waals surface area contributed by atoms with E-state index in [9.17, 15) is 13.6 Å². The van der Waals surface area contributed by atoms with E-state index in [0.717, 1.165) is 0 Å². The fourth-order valence-corrected chi connectivity index (χ4v) is 2.83. The van der Waals surface area contributed by atoms with Gasteiger partial charge in [-0.25, -0.2) is 8.78 Å². The number of nitrogens with zero attached hydrogens (tertiary/aromatic N) is 1. The summed E-state index contributed by atoms with van der Waals surface area (Å²) in [4.78, 5) is 12.1. The summed E-state index contributed by atoms with van der Waals surface area (Å²) in [6, 6.07) is 10.3. The average molecular weight is 395 g/mol. The number of carbonyl (C=O) groups excluding carboxylic acids is 1. The van der Waals surface area contributed by atoms with Crippen LogP contribution in [0.3, 0.4) is 0 Å². The van der Waals surface area contributed by atoms with Crippen LogP contribution in [0.5, 0.6) is 5.75 Å². The van der Waals surface area contributed by atoms with Crippen LogP contribution in [0.15, 0.2) is 53.1 Å². The molecule has 29 heavy (non-hydrogen) atoms. The smallest absolute Gasteiger partial charge is 0.291 e. The van der Waals surface area contributed by atoms with Crippen LogP contribution in [0.1, 0.15) is 21.8 Å². The minimum atomic E-state index is -0.617. The first-order valence-electron chi connectivity index (χ1n) is 8.59. The van der Waals surface area contributed by atoms with E-state index in [1.165, 1.54) is 43.7 Å². The maximum atomic E-state index is 14.3. The minimum Gasteiger partial charge on any atom is -0.494 e. The fourth-order valence-electron chi connectivity index (χ4n) is 2.83. The Morgan fingerprint density at radius 2 is 2.03 bits per heavy atom. The molecule has 146 valence electrons. The van der Waals surface area contributed by atoms with Crippen LogP contribution >= 0.6 is 0 Å². The highest BCUT2D eigenvalue weighted by Crippen LogP contribution is 2.26. The van der Waals surface area contributed by atoms with Gasteiger partial charge in [0.2, 0.25) is 0 Å². The molecule has 0 fully saturated rings. The maximum absolute atomic E-state index is 14.3. The Bertz CT molecular complexity index is 1210. The molecule has 0 spiro atoms. The number of benzene rings is 2. The molecule has 0 aliphatic heterocycles. The molecule has 2 aromatic heterocycles. The van der Waals surface area contributed by atoms with E-state index in [-0.39, 0.29) is 17.2 Å². The number of H-pyrrole nitrogens is 1. The molecular formula is C21H15F2N3O3. The number of nitrogens with one attached hydrogen (secondary N) is 2. The molecule has 0 atom stereocenters. The van der Waals surface area contributed by atoms with Crippen LogP contribution in [0.25, 0.3) is 23.1 Å². The summed E-state index contributed by atoms with van der Waals surface area (Å²) < 4.78 is 38.1. The van der Waals surface area contributed by atoms with Gasteiger partial charge in [-0.15, -0.1) is 0 Å². The maximum Gasteiger partial charge on any atom is 0.291 e. The molecule has 0 aliphatic carbocycles. The number of methoxy groups -OCH3 is 1. The number of aromatic nitrogens is 2. The van der Waals surface area contributed by atoms with Crippen molar-refractivity contribution in [1.82, 2.24) is 10.2 Å². The number of ether oxygens (including phenoxy) is 1. The van der Waals surface area contributed by atoms with Crippen molar-refractivity contribution in [3.05, 3.63) is 77.4 Å². The normalized spacial score (nSPS) is 11.3. The monoisotopic (exact) mass is 395 g/mol. The third-order valence-electron chi connectivity index (χ3n) is 4.28. The van der Waals surface area contributed by atoms with Crippen LogP contribution in [0.4, 0.5) is 14.5 Å². The molecule has 4 rings (SSSR count). The van der Waals surface area contributed by atoms with Gasteiger partial charge < -0.3 is 14.5 Å². The van der Waals surface area contributed by atoms with Crippen molar-refractivity contribution >= 4 is 34.6 Å². The lowest BCUT2D eigenvalue weighted by atomic mass is 10.1. The zero-order valence-electron chi connectivity index (χ0n) is 15.2. The van der Waals surface area contributed by atoms with Crippen molar-refractivity contribution in [3.63, 3.8) is 0 Å². The molecule has 0 radical (unpaired) electrons. The quantitative estimate of drug-likeness (QED) is 0.505. The summed E-state index contributed by atoms with van der Waals surface area (Å²) in [6.45, 7) is 0. The summed E-state index contributed by atoms with van der Waals surface area (Å²) in [5.41, 5.74) is 1.56. The SMILES string of the molecule is COc1ccc(/C=C/c2n[nH]c3cc(F)c(NC(=O)c4ccco4)cc23)cc1F. The van der Waals surface area contributed by atoms with Crippen LogP contribution < -0.4 is 10.1 Å². The molecule has 8 heteroatoms. The largest absolute Gasteiger partial charge is 0.494 e. The van der Waals surface area contributed by atoms with E-state index in [0.29, 0.717) is 22.2 Å². The number of hydrogen-bond donors (Lipinski definition) is 2. The molecule has 2 N–H and O–H groups in total. The van der Waals surface area contributed by atoms with E-state index in [1.807, 2.05) is 0 Å². The van der Waals surface area contributed by atoms with Crippen molar-refractivity contribution in [2.75, 3.05) is 12.4 Å². The fraction of sp³-hybridized carbons (Fsp3) is 0.0476. The van der Waals surface area contributed by atoms with Crippen molar-refractivity contribution < 1.29 is 22.7 Å². The first kappa shape index (κ1) is 18.4. The van der Waals surface area contributed by atoms with Gasteiger partial charge in [-0.3, -0.25) is 9.89 Å². The highest BCUT2D eigenvalue weighted by Gasteiger charge is 2.14. The molecule has 4 aromatic rings. The van der Waals surface area contributed by atoms with Crippen LogP contribution in [-0.4, -0.2) is 23.2 Å². The number of furan rings is 1. The zero-order chi connectivity index (χ0) is 20.4. The van der Waals surface area contributed by atoms with Crippen molar-refractivity contribution in [3.8, 4) is 5.75 Å². The van der Waals surface area contributed by atoms with Gasteiger partial charge in [-0.05, 0) is 42.0 Å². The Balaban J connectivity index is 1.63. The molecule has 0 bridgehead atoms. The number of carbonyl (C=O) groups is 1. The number of amides is 1. The lowest BCUT2D eigenvalue weighted by Gasteiger charge is -2.05. The molecule has 0 saturated carbocycles. The predicted octanol–water partition coefficient (Wildman–Crippen LogP) is 4.87. The molecule has 0 unspecified atom stereocenters. The lowest BCUT2D eigenvalue weighted by Crippen LogP contribution is -2.12. The van der Waals surface area contributed by atoms with Gasteiger partial charge in [0.05, 0.1) is 30.3 Å². The van der Waals surface area contributed by atoms with Crippen LogP contribution in [0, 0.1) is 11.6 Å². The van der Waals surface area contributed by atoms with Crippen LogP contribution in [-0.2, 0) is 0 Å². The molecule has 1 amide bonds. The Labute approximate surface area is 163 Å². The van der Waals surface area contributed by atoms with Gasteiger partial charge in [-0.2, -0.15) is 5.10 Å². The summed E-state index contributed by atoms with van der Waals surface area (Å²) in [5.74, 6) is -1.44. The topological polar surface area (TPSA) is 80.1 Å². The summed E-state index contributed by atoms with van der Waals surface area (Å²) >= 11 is 0. The van der Waals surface area contributed by atoms with Gasteiger partial charge in [0.15, 0.2) is 17.3 Å². The molecule has 2 heterocycles. The first-order valence-corrected chi connectivity index (χ1v) is 8.59. The van der Waals surface area contributed by atoms with E-state index < -0.39 is 17.5 Å². The van der Waals surface area contributed by atoms with Gasteiger partial charge >= 0.3 is 0 Å². The van der Waals surface area contributed by atoms with Crippen LogP contribution in [0.2, 0.25) is 0 Å². The molecule has 6 nitrogen and oxygen atoms in total. The standard InChI is InChI=1S/C21H15F2N3O3/c1-28-19-7-5-12(9-15(19)23)4-6-16-13-10-18(14(22)11-17(13)26-25-16)24-21(27)20-3-2-8-29-20/h2-11H,1H3,(H,24,27)(H,25,26)/b6-4+. The number of hydrogen-bond acceptors (Lipinski definition) is 4. The second kappa shape index (κ2) is 7.59. The van der Waals surface area contributed by atoms with E-state index >= 15 is 0 Å². The van der Waals surface area contributed by atoms with E-state index in [4.69, 9.17) is 9.15 Å². The average Bonchev–Trinajstić information content (AvgIpc) is 3.37.